The minimum atomic E-state index is -1.49. The first-order chi connectivity index (χ1) is 11.4. The molecule has 0 aromatic heterocycles. The number of hydrogen-bond acceptors (Lipinski definition) is 6. The van der Waals surface area contributed by atoms with Crippen LogP contribution in [0.4, 0.5) is 5.69 Å². The van der Waals surface area contributed by atoms with Crippen molar-refractivity contribution in [2.75, 3.05) is 18.4 Å². The molecule has 0 radical (unpaired) electrons. The number of carboxylic acids is 1. The second kappa shape index (κ2) is 5.76. The zero-order valence-corrected chi connectivity index (χ0v) is 12.4. The molecule has 1 fully saturated rings. The van der Waals surface area contributed by atoms with Gasteiger partial charge in [-0.2, -0.15) is 0 Å². The molecule has 1 saturated heterocycles. The van der Waals surface area contributed by atoms with E-state index in [1.807, 2.05) is 0 Å². The maximum Gasteiger partial charge on any atom is 0.322 e. The van der Waals surface area contributed by atoms with E-state index in [0.29, 0.717) is 4.90 Å². The first-order valence-corrected chi connectivity index (χ1v) is 7.19. The van der Waals surface area contributed by atoms with Gasteiger partial charge in [-0.15, -0.1) is 0 Å². The summed E-state index contributed by atoms with van der Waals surface area (Å²) in [6.07, 6.45) is 0.0356. The summed E-state index contributed by atoms with van der Waals surface area (Å²) in [5.74, 6) is -3.87. The van der Waals surface area contributed by atoms with Crippen LogP contribution in [0.2, 0.25) is 0 Å². The zero-order chi connectivity index (χ0) is 17.4. The summed E-state index contributed by atoms with van der Waals surface area (Å²) < 4.78 is 0. The second-order valence-corrected chi connectivity index (χ2v) is 5.37. The van der Waals surface area contributed by atoms with Crippen LogP contribution < -0.4 is 10.6 Å². The van der Waals surface area contributed by atoms with Crippen LogP contribution in [0.5, 0.6) is 0 Å². The number of imide groups is 1. The van der Waals surface area contributed by atoms with Gasteiger partial charge in [-0.25, -0.2) is 0 Å². The van der Waals surface area contributed by atoms with Gasteiger partial charge in [0.1, 0.15) is 6.54 Å². The fraction of sp³-hybridized carbons (Fsp3) is 0.267. The van der Waals surface area contributed by atoms with Crippen molar-refractivity contribution in [3.63, 3.8) is 0 Å². The number of nitrogens with one attached hydrogen (secondary N) is 2. The molecule has 24 heavy (non-hydrogen) atoms. The molecule has 0 bridgehead atoms. The van der Waals surface area contributed by atoms with Crippen LogP contribution in [-0.2, 0) is 14.4 Å². The average Bonchev–Trinajstić information content (AvgIpc) is 2.78. The highest BCUT2D eigenvalue weighted by molar-refractivity contribution is 6.28. The first kappa shape index (κ1) is 15.7. The lowest BCUT2D eigenvalue weighted by Crippen LogP contribution is -2.57. The van der Waals surface area contributed by atoms with Crippen LogP contribution >= 0.6 is 0 Å². The molecule has 9 nitrogen and oxygen atoms in total. The molecule has 1 aromatic carbocycles. The lowest BCUT2D eigenvalue weighted by molar-refractivity contribution is -0.137. The van der Waals surface area contributed by atoms with Crippen molar-refractivity contribution in [1.29, 1.82) is 0 Å². The number of anilines is 1. The summed E-state index contributed by atoms with van der Waals surface area (Å²) >= 11 is 0. The Hall–Kier alpha value is -3.23. The standard InChI is InChI=1S/C15H13N3O6/c19-9-4-5-16-13(22)12(9)18-14(23)7-2-1-3-8(11(7)15(18)24)17-6-10(20)21/h1-3,12,17H,4-6H2,(H,16,22)(H,20,21). The molecule has 124 valence electrons. The fourth-order valence-corrected chi connectivity index (χ4v) is 2.81. The predicted octanol–water partition coefficient (Wildman–Crippen LogP) is -0.763. The molecule has 0 aliphatic carbocycles. The van der Waals surface area contributed by atoms with Crippen molar-refractivity contribution in [3.05, 3.63) is 29.3 Å². The smallest absolute Gasteiger partial charge is 0.322 e. The van der Waals surface area contributed by atoms with Gasteiger partial charge < -0.3 is 15.7 Å². The Labute approximate surface area is 135 Å². The summed E-state index contributed by atoms with van der Waals surface area (Å²) in [5.41, 5.74) is 0.163. The Bertz CT molecular complexity index is 771. The molecule has 1 aromatic rings. The fourth-order valence-electron chi connectivity index (χ4n) is 2.81. The van der Waals surface area contributed by atoms with Crippen LogP contribution in [0.15, 0.2) is 18.2 Å². The third-order valence-corrected chi connectivity index (χ3v) is 3.86. The molecular weight excluding hydrogens is 318 g/mol. The lowest BCUT2D eigenvalue weighted by Gasteiger charge is -2.27. The summed E-state index contributed by atoms with van der Waals surface area (Å²) in [6, 6.07) is 2.85. The number of Topliss-reactive ketones (excluding diaryl/α,β-unsaturated/α-hetero) is 1. The number of ketones is 1. The number of carbonyl (C=O) groups excluding carboxylic acids is 4. The van der Waals surface area contributed by atoms with Crippen molar-refractivity contribution >= 4 is 35.2 Å². The Kier molecular flexibility index (Phi) is 3.76. The summed E-state index contributed by atoms with van der Waals surface area (Å²) in [6.45, 7) is -0.274. The highest BCUT2D eigenvalue weighted by Gasteiger charge is 2.47. The minimum Gasteiger partial charge on any atom is -0.480 e. The first-order valence-electron chi connectivity index (χ1n) is 7.19. The zero-order valence-electron chi connectivity index (χ0n) is 12.4. The number of hydrogen-bond donors (Lipinski definition) is 3. The number of fused-ring (bicyclic) bond motifs is 1. The number of piperidine rings is 1. The Morgan fingerprint density at radius 3 is 2.67 bits per heavy atom. The number of rotatable bonds is 4. The quantitative estimate of drug-likeness (QED) is 0.488. The van der Waals surface area contributed by atoms with Crippen molar-refractivity contribution in [3.8, 4) is 0 Å². The number of carboxylic acid groups (broad SMARTS) is 1. The molecule has 2 aliphatic heterocycles. The second-order valence-electron chi connectivity index (χ2n) is 5.37. The molecule has 2 heterocycles. The van der Waals surface area contributed by atoms with E-state index in [0.717, 1.165) is 0 Å². The van der Waals surface area contributed by atoms with Gasteiger partial charge in [0.2, 0.25) is 0 Å². The molecule has 1 atom stereocenters. The van der Waals surface area contributed by atoms with E-state index in [1.165, 1.54) is 18.2 Å². The third kappa shape index (κ3) is 2.39. The predicted molar refractivity (Wildman–Crippen MR) is 79.5 cm³/mol. The van der Waals surface area contributed by atoms with Crippen molar-refractivity contribution in [2.24, 2.45) is 0 Å². The Balaban J connectivity index is 1.99. The number of aliphatic carboxylic acids is 1. The van der Waals surface area contributed by atoms with Crippen molar-refractivity contribution in [2.45, 2.75) is 12.5 Å². The molecule has 3 N–H and O–H groups in total. The summed E-state index contributed by atoms with van der Waals surface area (Å²) in [4.78, 5) is 60.5. The normalized spacial score (nSPS) is 20.0. The molecular formula is C15H13N3O6. The highest BCUT2D eigenvalue weighted by Crippen LogP contribution is 2.31. The number of carbonyl (C=O) groups is 5. The maximum absolute atomic E-state index is 12.6. The summed E-state index contributed by atoms with van der Waals surface area (Å²) in [5, 5.41) is 13.8. The van der Waals surface area contributed by atoms with E-state index in [2.05, 4.69) is 10.6 Å². The van der Waals surface area contributed by atoms with E-state index in [1.54, 1.807) is 0 Å². The monoisotopic (exact) mass is 331 g/mol. The average molecular weight is 331 g/mol. The molecule has 3 amide bonds. The molecule has 9 heteroatoms. The lowest BCUT2D eigenvalue weighted by atomic mass is 10.0. The van der Waals surface area contributed by atoms with Gasteiger partial charge in [0.15, 0.2) is 11.8 Å². The Morgan fingerprint density at radius 1 is 1.25 bits per heavy atom. The Morgan fingerprint density at radius 2 is 2.00 bits per heavy atom. The molecule has 1 unspecified atom stereocenters. The number of benzene rings is 1. The van der Waals surface area contributed by atoms with Crippen molar-refractivity contribution in [1.82, 2.24) is 10.2 Å². The van der Waals surface area contributed by atoms with Crippen LogP contribution in [0, 0.1) is 0 Å². The van der Waals surface area contributed by atoms with Gasteiger partial charge in [0, 0.05) is 18.7 Å². The van der Waals surface area contributed by atoms with E-state index in [4.69, 9.17) is 5.11 Å². The summed E-state index contributed by atoms with van der Waals surface area (Å²) in [7, 11) is 0. The van der Waals surface area contributed by atoms with E-state index >= 15 is 0 Å². The molecule has 2 aliphatic rings. The van der Waals surface area contributed by atoms with Crippen LogP contribution in [0.1, 0.15) is 27.1 Å². The number of amides is 3. The minimum absolute atomic E-state index is 0.0292. The van der Waals surface area contributed by atoms with E-state index < -0.39 is 42.1 Å². The van der Waals surface area contributed by atoms with Crippen LogP contribution in [-0.4, -0.2) is 58.6 Å². The van der Waals surface area contributed by atoms with Gasteiger partial charge in [-0.3, -0.25) is 28.9 Å². The maximum atomic E-state index is 12.6. The van der Waals surface area contributed by atoms with Gasteiger partial charge in [0.05, 0.1) is 11.1 Å². The molecule has 3 rings (SSSR count). The van der Waals surface area contributed by atoms with Gasteiger partial charge in [0.25, 0.3) is 17.7 Å². The molecule has 0 saturated carbocycles. The van der Waals surface area contributed by atoms with E-state index in [9.17, 15) is 24.0 Å². The SMILES string of the molecule is O=C(O)CNc1cccc2c1C(=O)N(C1C(=O)CCNC1=O)C2=O. The van der Waals surface area contributed by atoms with Crippen LogP contribution in [0.3, 0.4) is 0 Å². The highest BCUT2D eigenvalue weighted by atomic mass is 16.4. The van der Waals surface area contributed by atoms with Gasteiger partial charge in [-0.05, 0) is 12.1 Å². The van der Waals surface area contributed by atoms with Crippen LogP contribution in [0.25, 0.3) is 0 Å². The van der Waals surface area contributed by atoms with Gasteiger partial charge >= 0.3 is 5.97 Å². The van der Waals surface area contributed by atoms with E-state index in [-0.39, 0.29) is 29.8 Å². The third-order valence-electron chi connectivity index (χ3n) is 3.86. The topological polar surface area (TPSA) is 133 Å². The molecule has 0 spiro atoms. The van der Waals surface area contributed by atoms with Gasteiger partial charge in [-0.1, -0.05) is 6.07 Å². The number of nitrogens with zero attached hydrogens (tertiary/aromatic N) is 1. The van der Waals surface area contributed by atoms with Crippen molar-refractivity contribution < 1.29 is 29.1 Å². The largest absolute Gasteiger partial charge is 0.480 e.